The molecule has 0 radical (unpaired) electrons. The van der Waals surface area contributed by atoms with E-state index in [4.69, 9.17) is 0 Å². The minimum absolute atomic E-state index is 0.150. The molecular formula is C15H18F3N. The lowest BCUT2D eigenvalue weighted by atomic mass is 9.87. The first-order valence-corrected chi connectivity index (χ1v) is 6.91. The van der Waals surface area contributed by atoms with Crippen molar-refractivity contribution in [1.29, 1.82) is 0 Å². The van der Waals surface area contributed by atoms with Crippen LogP contribution in [0.25, 0.3) is 0 Å². The van der Waals surface area contributed by atoms with E-state index < -0.39 is 11.7 Å². The van der Waals surface area contributed by atoms with Crippen LogP contribution < -0.4 is 5.32 Å². The summed E-state index contributed by atoms with van der Waals surface area (Å²) in [7, 11) is 0. The number of benzene rings is 1. The number of fused-ring (bicyclic) bond motifs is 1. The topological polar surface area (TPSA) is 12.0 Å². The summed E-state index contributed by atoms with van der Waals surface area (Å²) >= 11 is 0. The normalized spacial score (nSPS) is 31.2. The van der Waals surface area contributed by atoms with Crippen molar-refractivity contribution < 1.29 is 13.2 Å². The van der Waals surface area contributed by atoms with Gasteiger partial charge in [0, 0.05) is 0 Å². The number of alkyl halides is 3. The zero-order valence-corrected chi connectivity index (χ0v) is 10.8. The van der Waals surface area contributed by atoms with Crippen molar-refractivity contribution in [2.24, 2.45) is 5.92 Å². The molecule has 1 aliphatic carbocycles. The van der Waals surface area contributed by atoms with Crippen molar-refractivity contribution in [3.8, 4) is 0 Å². The van der Waals surface area contributed by atoms with E-state index in [0.717, 1.165) is 31.5 Å². The Morgan fingerprint density at radius 3 is 2.53 bits per heavy atom. The van der Waals surface area contributed by atoms with Crippen molar-refractivity contribution in [3.63, 3.8) is 0 Å². The average Bonchev–Trinajstić information content (AvgIpc) is 3.02. The van der Waals surface area contributed by atoms with Crippen molar-refractivity contribution in [1.82, 2.24) is 5.32 Å². The van der Waals surface area contributed by atoms with E-state index in [9.17, 15) is 13.2 Å². The summed E-state index contributed by atoms with van der Waals surface area (Å²) in [6, 6.07) is 5.83. The summed E-state index contributed by atoms with van der Waals surface area (Å²) in [6.07, 6.45) is 0.311. The lowest BCUT2D eigenvalue weighted by Crippen LogP contribution is -2.25. The van der Waals surface area contributed by atoms with Crippen LogP contribution in [0.3, 0.4) is 0 Å². The average molecular weight is 269 g/mol. The molecule has 104 valence electrons. The molecule has 19 heavy (non-hydrogen) atoms. The second kappa shape index (κ2) is 4.51. The minimum Gasteiger partial charge on any atom is -0.317 e. The predicted octanol–water partition coefficient (Wildman–Crippen LogP) is 3.74. The molecule has 1 saturated carbocycles. The Balaban J connectivity index is 1.82. The highest BCUT2D eigenvalue weighted by molar-refractivity contribution is 5.36. The van der Waals surface area contributed by atoms with Crippen LogP contribution in [-0.4, -0.2) is 13.1 Å². The predicted molar refractivity (Wildman–Crippen MR) is 67.9 cm³/mol. The van der Waals surface area contributed by atoms with E-state index in [0.29, 0.717) is 5.92 Å². The molecule has 0 amide bonds. The third-order valence-electron chi connectivity index (χ3n) is 4.67. The van der Waals surface area contributed by atoms with Crippen molar-refractivity contribution in [3.05, 3.63) is 35.4 Å². The van der Waals surface area contributed by atoms with E-state index >= 15 is 0 Å². The van der Waals surface area contributed by atoms with Crippen LogP contribution in [0.4, 0.5) is 13.2 Å². The second-order valence-electron chi connectivity index (χ2n) is 5.77. The Bertz CT molecular complexity index is 451. The highest BCUT2D eigenvalue weighted by atomic mass is 19.4. The molecular weight excluding hydrogens is 251 g/mol. The van der Waals surface area contributed by atoms with Gasteiger partial charge in [0.2, 0.25) is 0 Å². The fourth-order valence-electron chi connectivity index (χ4n) is 3.46. The van der Waals surface area contributed by atoms with Gasteiger partial charge < -0.3 is 5.32 Å². The number of hydrogen-bond donors (Lipinski definition) is 1. The zero-order chi connectivity index (χ0) is 13.5. The largest absolute Gasteiger partial charge is 0.416 e. The van der Waals surface area contributed by atoms with Crippen molar-refractivity contribution in [2.75, 3.05) is 13.1 Å². The highest BCUT2D eigenvalue weighted by Gasteiger charge is 2.54. The fourth-order valence-corrected chi connectivity index (χ4v) is 3.46. The molecule has 2 aliphatic rings. The molecule has 2 atom stereocenters. The van der Waals surface area contributed by atoms with Gasteiger partial charge in [-0.3, -0.25) is 0 Å². The van der Waals surface area contributed by atoms with Crippen LogP contribution in [0.2, 0.25) is 0 Å². The van der Waals surface area contributed by atoms with E-state index in [2.05, 4.69) is 5.32 Å². The van der Waals surface area contributed by atoms with E-state index in [1.807, 2.05) is 0 Å². The quantitative estimate of drug-likeness (QED) is 0.819. The van der Waals surface area contributed by atoms with E-state index in [-0.39, 0.29) is 5.41 Å². The maximum atomic E-state index is 12.6. The Morgan fingerprint density at radius 1 is 1.11 bits per heavy atom. The molecule has 4 heteroatoms. The van der Waals surface area contributed by atoms with Gasteiger partial charge in [-0.25, -0.2) is 0 Å². The highest BCUT2D eigenvalue weighted by Crippen LogP contribution is 2.59. The summed E-state index contributed by atoms with van der Waals surface area (Å²) in [5.74, 6) is 0.673. The Labute approximate surface area is 111 Å². The standard InChI is InChI=1S/C15H18F3N/c16-15(17,18)12-5-3-11(4-6-12)14-7-9-19-8-1-2-13(14)10-14/h3-6,13,19H,1-2,7-10H2/t13-,14-/m1/s1. The number of nitrogens with one attached hydrogen (secondary N) is 1. The van der Waals surface area contributed by atoms with Crippen LogP contribution in [0, 0.1) is 5.92 Å². The smallest absolute Gasteiger partial charge is 0.317 e. The van der Waals surface area contributed by atoms with Gasteiger partial charge in [-0.05, 0) is 67.8 Å². The van der Waals surface area contributed by atoms with E-state index in [1.165, 1.54) is 25.0 Å². The monoisotopic (exact) mass is 269 g/mol. The first kappa shape index (κ1) is 13.0. The lowest BCUT2D eigenvalue weighted by Gasteiger charge is -2.21. The van der Waals surface area contributed by atoms with Crippen molar-refractivity contribution in [2.45, 2.75) is 37.3 Å². The molecule has 1 heterocycles. The number of halogens is 3. The zero-order valence-electron chi connectivity index (χ0n) is 10.8. The number of hydrogen-bond acceptors (Lipinski definition) is 1. The fraction of sp³-hybridized carbons (Fsp3) is 0.600. The third-order valence-corrected chi connectivity index (χ3v) is 4.67. The van der Waals surface area contributed by atoms with Crippen molar-refractivity contribution >= 4 is 0 Å². The molecule has 1 aromatic carbocycles. The van der Waals surface area contributed by atoms with Crippen LogP contribution in [0.15, 0.2) is 24.3 Å². The molecule has 0 unspecified atom stereocenters. The Morgan fingerprint density at radius 2 is 1.84 bits per heavy atom. The summed E-state index contributed by atoms with van der Waals surface area (Å²) in [5.41, 5.74) is 0.695. The van der Waals surface area contributed by atoms with Gasteiger partial charge in [0.25, 0.3) is 0 Å². The Kier molecular flexibility index (Phi) is 3.08. The maximum Gasteiger partial charge on any atom is 0.416 e. The molecule has 0 bridgehead atoms. The van der Waals surface area contributed by atoms with Crippen LogP contribution >= 0.6 is 0 Å². The molecule has 1 nitrogen and oxygen atoms in total. The molecule has 1 N–H and O–H groups in total. The molecule has 1 aliphatic heterocycles. The SMILES string of the molecule is FC(F)(F)c1ccc([C@]23CCNCCC[C@@H]2C3)cc1. The van der Waals surface area contributed by atoms with Gasteiger partial charge in [0.15, 0.2) is 0 Å². The lowest BCUT2D eigenvalue weighted by molar-refractivity contribution is -0.137. The summed E-state index contributed by atoms with van der Waals surface area (Å²) < 4.78 is 37.7. The molecule has 1 saturated heterocycles. The minimum atomic E-state index is -4.23. The van der Waals surface area contributed by atoms with Crippen LogP contribution in [-0.2, 0) is 11.6 Å². The third kappa shape index (κ3) is 2.38. The van der Waals surface area contributed by atoms with Crippen LogP contribution in [0.5, 0.6) is 0 Å². The van der Waals surface area contributed by atoms with Gasteiger partial charge in [-0.15, -0.1) is 0 Å². The van der Waals surface area contributed by atoms with E-state index in [1.54, 1.807) is 12.1 Å². The van der Waals surface area contributed by atoms with Gasteiger partial charge in [-0.1, -0.05) is 12.1 Å². The maximum absolute atomic E-state index is 12.6. The second-order valence-corrected chi connectivity index (χ2v) is 5.77. The molecule has 2 fully saturated rings. The first-order chi connectivity index (χ1) is 9.02. The summed E-state index contributed by atoms with van der Waals surface area (Å²) in [5, 5.41) is 3.39. The summed E-state index contributed by atoms with van der Waals surface area (Å²) in [4.78, 5) is 0. The first-order valence-electron chi connectivity index (χ1n) is 6.91. The van der Waals surface area contributed by atoms with Gasteiger partial charge in [0.05, 0.1) is 5.56 Å². The van der Waals surface area contributed by atoms with Gasteiger partial charge >= 0.3 is 6.18 Å². The van der Waals surface area contributed by atoms with Gasteiger partial charge in [0.1, 0.15) is 0 Å². The molecule has 1 aromatic rings. The number of rotatable bonds is 1. The molecule has 0 spiro atoms. The summed E-state index contributed by atoms with van der Waals surface area (Å²) in [6.45, 7) is 2.04. The van der Waals surface area contributed by atoms with Gasteiger partial charge in [-0.2, -0.15) is 13.2 Å². The molecule has 3 rings (SSSR count). The Hall–Kier alpha value is -1.03. The van der Waals surface area contributed by atoms with Crippen LogP contribution in [0.1, 0.15) is 36.8 Å². The molecule has 0 aromatic heterocycles.